The zero-order chi connectivity index (χ0) is 47.3. The molecule has 2 aromatic heterocycles. The fourth-order valence-electron chi connectivity index (χ4n) is 12.1. The lowest BCUT2D eigenvalue weighted by Gasteiger charge is -2.46. The summed E-state index contributed by atoms with van der Waals surface area (Å²) >= 11 is 0. The van der Waals surface area contributed by atoms with Crippen molar-refractivity contribution in [2.24, 2.45) is 0 Å². The first-order valence-corrected chi connectivity index (χ1v) is 24.5. The molecular weight excluding hydrogens is 861 g/mol. The number of hydrogen-bond acceptors (Lipinski definition) is 3. The highest BCUT2D eigenvalue weighted by Crippen LogP contribution is 2.63. The van der Waals surface area contributed by atoms with Crippen molar-refractivity contribution in [3.8, 4) is 73.2 Å². The van der Waals surface area contributed by atoms with Crippen LogP contribution in [0.1, 0.15) is 47.2 Å². The third-order valence-corrected chi connectivity index (χ3v) is 15.3. The number of hydrogen-bond donors (Lipinski definition) is 0. The molecule has 0 amide bonds. The average molecular weight is 907 g/mol. The number of benzene rings is 10. The van der Waals surface area contributed by atoms with Crippen LogP contribution in [0.2, 0.25) is 0 Å². The van der Waals surface area contributed by atoms with E-state index in [2.05, 4.69) is 243 Å². The molecule has 1 spiro atoms. The van der Waals surface area contributed by atoms with E-state index in [0.717, 1.165) is 44.6 Å². The normalized spacial score (nSPS) is 13.7. The summed E-state index contributed by atoms with van der Waals surface area (Å²) in [5.41, 5.74) is 20.2. The van der Waals surface area contributed by atoms with Gasteiger partial charge in [-0.1, -0.05) is 220 Å². The minimum atomic E-state index is -0.611. The highest BCUT2D eigenvalue weighted by Gasteiger charge is 2.54. The van der Waals surface area contributed by atoms with Crippen molar-refractivity contribution in [2.45, 2.75) is 24.7 Å². The molecule has 334 valence electrons. The van der Waals surface area contributed by atoms with Gasteiger partial charge in [0.05, 0.1) is 16.4 Å². The molecule has 4 heteroatoms. The predicted molar refractivity (Wildman–Crippen MR) is 291 cm³/mol. The molecule has 0 atom stereocenters. The predicted octanol–water partition coefficient (Wildman–Crippen LogP) is 16.3. The zero-order valence-corrected chi connectivity index (χ0v) is 39.4. The van der Waals surface area contributed by atoms with Crippen molar-refractivity contribution in [3.05, 3.63) is 276 Å². The lowest BCUT2D eigenvalue weighted by atomic mass is 9.55. The highest BCUT2D eigenvalue weighted by molar-refractivity contribution is 6.10. The Balaban J connectivity index is 1.03. The SMILES string of the molecule is CC1(C)c2ccccc2C2(c3ccc(-c4ccc5c(c4)c4ccccc4n5-c4ccccc4)cc3-c3c(-c4nc(-c5ccccc5)nc(-c5ccc(-c6ccccc6)cc5)n4)cccc32)c2ccccc21. The topological polar surface area (TPSA) is 43.6 Å². The van der Waals surface area contributed by atoms with Gasteiger partial charge in [-0.25, -0.2) is 15.0 Å². The first-order chi connectivity index (χ1) is 35.0. The third kappa shape index (κ3) is 6.14. The first-order valence-electron chi connectivity index (χ1n) is 24.5. The Kier molecular flexibility index (Phi) is 9.12. The molecule has 0 unspecified atom stereocenters. The minimum Gasteiger partial charge on any atom is -0.309 e. The summed E-state index contributed by atoms with van der Waals surface area (Å²) in [6.45, 7) is 4.76. The number of rotatable bonds is 6. The van der Waals surface area contributed by atoms with Gasteiger partial charge >= 0.3 is 0 Å². The summed E-state index contributed by atoms with van der Waals surface area (Å²) in [6, 6.07) is 88.0. The maximum Gasteiger partial charge on any atom is 0.164 e. The molecule has 71 heavy (non-hydrogen) atoms. The molecule has 0 aliphatic heterocycles. The van der Waals surface area contributed by atoms with E-state index in [9.17, 15) is 0 Å². The third-order valence-electron chi connectivity index (χ3n) is 15.3. The first kappa shape index (κ1) is 41.0. The fraction of sp³-hybridized carbons (Fsp3) is 0.0597. The van der Waals surface area contributed by atoms with Crippen LogP contribution in [0, 0.1) is 0 Å². The standard InChI is InChI=1S/C67H46N4/c1-66(2)55-27-13-15-29-57(55)67(58-30-16-14-28-56(58)66)54-39-37-47(48-38-40-61-52(41-48)50-25-12-17-32-60(50)71(61)49-23-10-5-11-24-49)42-53(54)62-51(26-18-31-59(62)67)65-69-63(45-21-8-4-9-22-45)68-64(70-65)46-35-33-44(34-36-46)43-19-6-3-7-20-43/h3-42H,1-2H3. The zero-order valence-electron chi connectivity index (χ0n) is 39.4. The fourth-order valence-corrected chi connectivity index (χ4v) is 12.1. The lowest BCUT2D eigenvalue weighted by Crippen LogP contribution is -2.40. The second kappa shape index (κ2) is 15.8. The molecular formula is C67H46N4. The maximum absolute atomic E-state index is 5.44. The van der Waals surface area contributed by atoms with Crippen LogP contribution in [0.15, 0.2) is 243 Å². The van der Waals surface area contributed by atoms with Gasteiger partial charge in [-0.15, -0.1) is 0 Å². The van der Waals surface area contributed by atoms with Crippen LogP contribution >= 0.6 is 0 Å². The van der Waals surface area contributed by atoms with Crippen molar-refractivity contribution in [1.82, 2.24) is 19.5 Å². The Morgan fingerprint density at radius 3 is 1.48 bits per heavy atom. The molecule has 0 saturated carbocycles. The van der Waals surface area contributed by atoms with Crippen LogP contribution in [0.3, 0.4) is 0 Å². The summed E-state index contributed by atoms with van der Waals surface area (Å²) in [5.74, 6) is 1.90. The van der Waals surface area contributed by atoms with Gasteiger partial charge in [-0.3, -0.25) is 0 Å². The molecule has 2 heterocycles. The molecule has 12 aromatic rings. The minimum absolute atomic E-state index is 0.225. The monoisotopic (exact) mass is 906 g/mol. The van der Waals surface area contributed by atoms with Gasteiger partial charge in [-0.05, 0) is 103 Å². The van der Waals surface area contributed by atoms with Gasteiger partial charge in [-0.2, -0.15) is 0 Å². The summed E-state index contributed by atoms with van der Waals surface area (Å²) < 4.78 is 2.38. The van der Waals surface area contributed by atoms with Crippen LogP contribution in [0.4, 0.5) is 0 Å². The van der Waals surface area contributed by atoms with Gasteiger partial charge in [0.25, 0.3) is 0 Å². The number of aromatic nitrogens is 4. The van der Waals surface area contributed by atoms with E-state index in [1.807, 2.05) is 18.2 Å². The van der Waals surface area contributed by atoms with Crippen molar-refractivity contribution in [1.29, 1.82) is 0 Å². The Bertz CT molecular complexity index is 4010. The maximum atomic E-state index is 5.44. The van der Waals surface area contributed by atoms with Gasteiger partial charge in [0.1, 0.15) is 0 Å². The largest absolute Gasteiger partial charge is 0.309 e. The molecule has 0 bridgehead atoms. The number of nitrogens with zero attached hydrogens (tertiary/aromatic N) is 4. The molecule has 0 N–H and O–H groups in total. The molecule has 2 aliphatic rings. The Labute approximate surface area is 413 Å². The van der Waals surface area contributed by atoms with Gasteiger partial charge < -0.3 is 4.57 Å². The van der Waals surface area contributed by atoms with Crippen LogP contribution in [0.5, 0.6) is 0 Å². The average Bonchev–Trinajstić information content (AvgIpc) is 3.93. The Hall–Kier alpha value is -8.99. The van der Waals surface area contributed by atoms with E-state index in [0.29, 0.717) is 17.5 Å². The van der Waals surface area contributed by atoms with E-state index in [-0.39, 0.29) is 5.41 Å². The molecule has 4 nitrogen and oxygen atoms in total. The van der Waals surface area contributed by atoms with Crippen molar-refractivity contribution >= 4 is 21.8 Å². The van der Waals surface area contributed by atoms with E-state index in [1.165, 1.54) is 66.3 Å². The smallest absolute Gasteiger partial charge is 0.164 e. The van der Waals surface area contributed by atoms with E-state index >= 15 is 0 Å². The quantitative estimate of drug-likeness (QED) is 0.167. The second-order valence-electron chi connectivity index (χ2n) is 19.5. The Morgan fingerprint density at radius 2 is 0.789 bits per heavy atom. The van der Waals surface area contributed by atoms with E-state index in [1.54, 1.807) is 0 Å². The van der Waals surface area contributed by atoms with Gasteiger partial charge in [0, 0.05) is 38.6 Å². The van der Waals surface area contributed by atoms with Crippen LogP contribution in [-0.4, -0.2) is 19.5 Å². The molecule has 2 aliphatic carbocycles. The summed E-state index contributed by atoms with van der Waals surface area (Å²) in [5, 5.41) is 2.45. The van der Waals surface area contributed by atoms with Crippen LogP contribution < -0.4 is 0 Å². The van der Waals surface area contributed by atoms with Gasteiger partial charge in [0.15, 0.2) is 17.5 Å². The molecule has 0 saturated heterocycles. The molecule has 0 fully saturated rings. The van der Waals surface area contributed by atoms with E-state index < -0.39 is 5.41 Å². The molecule has 10 aromatic carbocycles. The summed E-state index contributed by atoms with van der Waals surface area (Å²) in [7, 11) is 0. The van der Waals surface area contributed by atoms with Crippen LogP contribution in [-0.2, 0) is 10.8 Å². The lowest BCUT2D eigenvalue weighted by molar-refractivity contribution is 0.563. The Morgan fingerprint density at radius 1 is 0.310 bits per heavy atom. The van der Waals surface area contributed by atoms with Gasteiger partial charge in [0.2, 0.25) is 0 Å². The number of fused-ring (bicyclic) bond motifs is 12. The van der Waals surface area contributed by atoms with Crippen molar-refractivity contribution < 1.29 is 0 Å². The van der Waals surface area contributed by atoms with Crippen molar-refractivity contribution in [3.63, 3.8) is 0 Å². The van der Waals surface area contributed by atoms with Crippen LogP contribution in [0.25, 0.3) is 95.0 Å². The molecule has 0 radical (unpaired) electrons. The second-order valence-corrected chi connectivity index (χ2v) is 19.5. The summed E-state index contributed by atoms with van der Waals surface area (Å²) in [4.78, 5) is 16.0. The number of para-hydroxylation sites is 2. The molecule has 14 rings (SSSR count). The highest BCUT2D eigenvalue weighted by atomic mass is 15.0. The van der Waals surface area contributed by atoms with E-state index in [4.69, 9.17) is 15.0 Å². The van der Waals surface area contributed by atoms with Crippen molar-refractivity contribution in [2.75, 3.05) is 0 Å². The summed E-state index contributed by atoms with van der Waals surface area (Å²) in [6.07, 6.45) is 0.